The van der Waals surface area contributed by atoms with E-state index in [0.29, 0.717) is 12.5 Å². The molecule has 0 saturated heterocycles. The van der Waals surface area contributed by atoms with Crippen molar-refractivity contribution in [3.63, 3.8) is 0 Å². The number of anilines is 1. The second-order valence-electron chi connectivity index (χ2n) is 5.27. The molecule has 2 heteroatoms. The molecule has 0 saturated carbocycles. The molecule has 0 amide bonds. The summed E-state index contributed by atoms with van der Waals surface area (Å²) in [5.41, 5.74) is 2.72. The predicted octanol–water partition coefficient (Wildman–Crippen LogP) is 3.78. The summed E-state index contributed by atoms with van der Waals surface area (Å²) in [6.07, 6.45) is 1.16. The van der Waals surface area contributed by atoms with Crippen LogP contribution >= 0.6 is 0 Å². The van der Waals surface area contributed by atoms with Crippen molar-refractivity contribution in [2.24, 2.45) is 0 Å². The molecule has 0 bridgehead atoms. The van der Waals surface area contributed by atoms with E-state index in [4.69, 9.17) is 4.74 Å². The van der Waals surface area contributed by atoms with Gasteiger partial charge in [0.05, 0.1) is 12.3 Å². The zero-order chi connectivity index (χ0) is 11.8. The topological polar surface area (TPSA) is 21.3 Å². The fourth-order valence-corrected chi connectivity index (χ4v) is 2.63. The van der Waals surface area contributed by atoms with E-state index < -0.39 is 0 Å². The molecule has 1 heterocycles. The quantitative estimate of drug-likeness (QED) is 0.817. The summed E-state index contributed by atoms with van der Waals surface area (Å²) in [5.74, 6) is 1.58. The number of benzene rings is 1. The van der Waals surface area contributed by atoms with E-state index in [0.717, 1.165) is 12.2 Å². The van der Waals surface area contributed by atoms with Crippen LogP contribution in [0.1, 0.15) is 45.6 Å². The van der Waals surface area contributed by atoms with E-state index in [9.17, 15) is 0 Å². The number of hydrogen-bond acceptors (Lipinski definition) is 2. The van der Waals surface area contributed by atoms with E-state index >= 15 is 0 Å². The van der Waals surface area contributed by atoms with E-state index in [1.807, 2.05) is 13.0 Å². The van der Waals surface area contributed by atoms with E-state index in [2.05, 4.69) is 38.2 Å². The molecule has 1 aliphatic rings. The monoisotopic (exact) mass is 219 g/mol. The average molecular weight is 219 g/mol. The molecule has 0 aromatic heterocycles. The Labute approximate surface area is 98.0 Å². The van der Waals surface area contributed by atoms with Crippen molar-refractivity contribution >= 4 is 5.69 Å². The minimum absolute atomic E-state index is 0.152. The van der Waals surface area contributed by atoms with Crippen LogP contribution in [0.4, 0.5) is 5.69 Å². The molecule has 1 N–H and O–H groups in total. The molecular formula is C14H21NO. The van der Waals surface area contributed by atoms with Crippen LogP contribution in [0, 0.1) is 0 Å². The van der Waals surface area contributed by atoms with Gasteiger partial charge in [-0.25, -0.2) is 0 Å². The van der Waals surface area contributed by atoms with Crippen molar-refractivity contribution in [2.45, 2.75) is 45.6 Å². The number of fused-ring (bicyclic) bond motifs is 1. The van der Waals surface area contributed by atoms with Crippen molar-refractivity contribution in [3.8, 4) is 5.75 Å². The third kappa shape index (κ3) is 2.01. The highest BCUT2D eigenvalue weighted by molar-refractivity contribution is 5.66. The summed E-state index contributed by atoms with van der Waals surface area (Å²) in [4.78, 5) is 0. The lowest BCUT2D eigenvalue weighted by atomic mass is 9.82. The van der Waals surface area contributed by atoms with Crippen molar-refractivity contribution in [1.29, 1.82) is 0 Å². The smallest absolute Gasteiger partial charge is 0.142 e. The Balaban J connectivity index is 2.44. The third-order valence-electron chi connectivity index (χ3n) is 3.17. The Morgan fingerprint density at radius 3 is 2.88 bits per heavy atom. The molecule has 0 aliphatic carbocycles. The first-order valence-electron chi connectivity index (χ1n) is 6.07. The van der Waals surface area contributed by atoms with Gasteiger partial charge in [0.15, 0.2) is 0 Å². The molecule has 2 nitrogen and oxygen atoms in total. The van der Waals surface area contributed by atoms with Crippen molar-refractivity contribution in [3.05, 3.63) is 23.8 Å². The molecule has 16 heavy (non-hydrogen) atoms. The number of nitrogens with one attached hydrogen (secondary N) is 1. The minimum Gasteiger partial charge on any atom is -0.492 e. The first kappa shape index (κ1) is 11.3. The number of rotatable bonds is 2. The Bertz CT molecular complexity index is 384. The van der Waals surface area contributed by atoms with Crippen LogP contribution in [0.3, 0.4) is 0 Å². The summed E-state index contributed by atoms with van der Waals surface area (Å²) >= 11 is 0. The Morgan fingerprint density at radius 1 is 1.44 bits per heavy atom. The summed E-state index contributed by atoms with van der Waals surface area (Å²) in [6.45, 7) is 9.52. The third-order valence-corrected chi connectivity index (χ3v) is 3.17. The number of hydrogen-bond donors (Lipinski definition) is 1. The molecule has 0 spiro atoms. The molecule has 1 aromatic rings. The maximum Gasteiger partial charge on any atom is 0.142 e. The Hall–Kier alpha value is -1.18. The lowest BCUT2D eigenvalue weighted by molar-refractivity contribution is 0.337. The number of para-hydroxylation sites is 1. The molecule has 0 radical (unpaired) electrons. The maximum absolute atomic E-state index is 5.68. The van der Waals surface area contributed by atoms with Crippen molar-refractivity contribution in [2.75, 3.05) is 11.9 Å². The summed E-state index contributed by atoms with van der Waals surface area (Å²) in [7, 11) is 0. The van der Waals surface area contributed by atoms with Gasteiger partial charge in [-0.1, -0.05) is 19.1 Å². The Morgan fingerprint density at radius 2 is 2.19 bits per heavy atom. The molecule has 0 unspecified atom stereocenters. The normalized spacial score (nSPS) is 22.1. The van der Waals surface area contributed by atoms with Gasteiger partial charge in [0.25, 0.3) is 0 Å². The van der Waals surface area contributed by atoms with Gasteiger partial charge >= 0.3 is 0 Å². The van der Waals surface area contributed by atoms with Gasteiger partial charge in [0.1, 0.15) is 5.75 Å². The molecular weight excluding hydrogens is 198 g/mol. The first-order chi connectivity index (χ1) is 7.53. The van der Waals surface area contributed by atoms with Gasteiger partial charge in [0, 0.05) is 5.54 Å². The zero-order valence-corrected chi connectivity index (χ0v) is 10.6. The molecule has 2 rings (SSSR count). The highest BCUT2D eigenvalue weighted by Gasteiger charge is 2.30. The van der Waals surface area contributed by atoms with Crippen LogP contribution < -0.4 is 10.1 Å². The van der Waals surface area contributed by atoms with Crippen LogP contribution in [0.15, 0.2) is 18.2 Å². The molecule has 1 aromatic carbocycles. The van der Waals surface area contributed by atoms with Crippen LogP contribution in [0.25, 0.3) is 0 Å². The standard InChI is InChI=1S/C14H21NO/c1-5-16-12-8-6-7-11-10(2)9-14(3,4)15-13(11)12/h6-8,10,15H,5,9H2,1-4H3/t10-/m1/s1. The summed E-state index contributed by atoms with van der Waals surface area (Å²) in [6, 6.07) is 6.33. The summed E-state index contributed by atoms with van der Waals surface area (Å²) < 4.78 is 5.68. The highest BCUT2D eigenvalue weighted by atomic mass is 16.5. The second kappa shape index (κ2) is 4.00. The van der Waals surface area contributed by atoms with Gasteiger partial charge in [-0.3, -0.25) is 0 Å². The van der Waals surface area contributed by atoms with Gasteiger partial charge in [0.2, 0.25) is 0 Å². The highest BCUT2D eigenvalue weighted by Crippen LogP contribution is 2.43. The average Bonchev–Trinajstić information content (AvgIpc) is 2.18. The predicted molar refractivity (Wildman–Crippen MR) is 68.3 cm³/mol. The van der Waals surface area contributed by atoms with Crippen LogP contribution in [-0.4, -0.2) is 12.1 Å². The van der Waals surface area contributed by atoms with Crippen molar-refractivity contribution < 1.29 is 4.74 Å². The van der Waals surface area contributed by atoms with Gasteiger partial charge < -0.3 is 10.1 Å². The van der Waals surface area contributed by atoms with Gasteiger partial charge in [-0.2, -0.15) is 0 Å². The lowest BCUT2D eigenvalue weighted by Crippen LogP contribution is -2.36. The molecule has 1 aliphatic heterocycles. The van der Waals surface area contributed by atoms with Gasteiger partial charge in [-0.05, 0) is 44.7 Å². The molecule has 1 atom stereocenters. The zero-order valence-electron chi connectivity index (χ0n) is 10.6. The SMILES string of the molecule is CCOc1cccc2c1NC(C)(C)C[C@H]2C. The van der Waals surface area contributed by atoms with Gasteiger partial charge in [-0.15, -0.1) is 0 Å². The summed E-state index contributed by atoms with van der Waals surface area (Å²) in [5, 5.41) is 3.60. The van der Waals surface area contributed by atoms with Crippen LogP contribution in [0.5, 0.6) is 5.75 Å². The maximum atomic E-state index is 5.68. The molecule has 0 fully saturated rings. The van der Waals surface area contributed by atoms with Crippen LogP contribution in [0.2, 0.25) is 0 Å². The van der Waals surface area contributed by atoms with E-state index in [1.54, 1.807) is 0 Å². The number of ether oxygens (including phenoxy) is 1. The molecule has 88 valence electrons. The van der Waals surface area contributed by atoms with E-state index in [-0.39, 0.29) is 5.54 Å². The van der Waals surface area contributed by atoms with Crippen molar-refractivity contribution in [1.82, 2.24) is 0 Å². The fraction of sp³-hybridized carbons (Fsp3) is 0.571. The van der Waals surface area contributed by atoms with Crippen LogP contribution in [-0.2, 0) is 0 Å². The largest absolute Gasteiger partial charge is 0.492 e. The second-order valence-corrected chi connectivity index (χ2v) is 5.27. The van der Waals surface area contributed by atoms with E-state index in [1.165, 1.54) is 11.3 Å². The lowest BCUT2D eigenvalue weighted by Gasteiger charge is -2.38. The minimum atomic E-state index is 0.152. The first-order valence-corrected chi connectivity index (χ1v) is 6.07. The Kier molecular flexibility index (Phi) is 2.83. The fourth-order valence-electron chi connectivity index (χ4n) is 2.63.